The first kappa shape index (κ1) is 20.2. The lowest BCUT2D eigenvalue weighted by Crippen LogP contribution is -2.38. The first-order valence-electron chi connectivity index (χ1n) is 7.83. The van der Waals surface area contributed by atoms with E-state index in [1.807, 2.05) is 0 Å². The van der Waals surface area contributed by atoms with E-state index in [1.165, 1.54) is 33.9 Å². The molecule has 0 fully saturated rings. The fourth-order valence-corrected chi connectivity index (χ4v) is 2.81. The van der Waals surface area contributed by atoms with Gasteiger partial charge in [0.15, 0.2) is 0 Å². The molecule has 26 heavy (non-hydrogen) atoms. The van der Waals surface area contributed by atoms with Crippen molar-refractivity contribution in [2.45, 2.75) is 0 Å². The highest BCUT2D eigenvalue weighted by Crippen LogP contribution is 2.24. The molecule has 1 aromatic carbocycles. The number of amides is 1. The summed E-state index contributed by atoms with van der Waals surface area (Å²) in [6.07, 6.45) is 2.94. The van der Waals surface area contributed by atoms with Crippen LogP contribution in [0.15, 0.2) is 47.4 Å². The van der Waals surface area contributed by atoms with Crippen molar-refractivity contribution in [2.75, 3.05) is 26.3 Å². The minimum atomic E-state index is -0.521. The topological polar surface area (TPSA) is 82.8 Å². The molecule has 1 heterocycles. The molecule has 0 spiro atoms. The molecule has 2 rings (SSSR count). The Morgan fingerprint density at radius 1 is 1.12 bits per heavy atom. The van der Waals surface area contributed by atoms with Crippen LogP contribution in [-0.2, 0) is 4.79 Å². The van der Waals surface area contributed by atoms with Gasteiger partial charge in [-0.1, -0.05) is 35.3 Å². The van der Waals surface area contributed by atoms with Gasteiger partial charge in [0.25, 0.3) is 11.5 Å². The molecular formula is C18H18Cl2N2O4. The van der Waals surface area contributed by atoms with Gasteiger partial charge in [-0.05, 0) is 29.8 Å². The van der Waals surface area contributed by atoms with Gasteiger partial charge in [0.1, 0.15) is 5.70 Å². The van der Waals surface area contributed by atoms with Crippen molar-refractivity contribution >= 4 is 40.9 Å². The predicted octanol–water partition coefficient (Wildman–Crippen LogP) is 1.97. The number of pyridine rings is 1. The van der Waals surface area contributed by atoms with E-state index in [4.69, 9.17) is 23.2 Å². The Labute approximate surface area is 160 Å². The molecule has 0 saturated carbocycles. The van der Waals surface area contributed by atoms with Gasteiger partial charge in [0.2, 0.25) is 0 Å². The number of aliphatic hydroxyl groups is 2. The predicted molar refractivity (Wildman–Crippen MR) is 102 cm³/mol. The third-order valence-corrected chi connectivity index (χ3v) is 4.15. The third-order valence-electron chi connectivity index (χ3n) is 3.58. The summed E-state index contributed by atoms with van der Waals surface area (Å²) < 4.78 is 1.19. The van der Waals surface area contributed by atoms with Gasteiger partial charge in [-0.15, -0.1) is 0 Å². The van der Waals surface area contributed by atoms with Crippen LogP contribution in [0, 0.1) is 0 Å². The fourth-order valence-electron chi connectivity index (χ4n) is 2.34. The number of hydrogen-bond donors (Lipinski definition) is 2. The highest BCUT2D eigenvalue weighted by atomic mass is 35.5. The molecule has 0 saturated heterocycles. The molecule has 0 atom stereocenters. The number of halogens is 2. The average molecular weight is 397 g/mol. The third kappa shape index (κ3) is 4.95. The highest BCUT2D eigenvalue weighted by molar-refractivity contribution is 6.36. The number of carbonyl (C=O) groups is 1. The van der Waals surface area contributed by atoms with E-state index < -0.39 is 11.5 Å². The monoisotopic (exact) mass is 396 g/mol. The molecule has 1 aromatic heterocycles. The first-order chi connectivity index (χ1) is 12.5. The Morgan fingerprint density at radius 3 is 2.38 bits per heavy atom. The number of aromatic nitrogens is 1. The molecule has 0 unspecified atom stereocenters. The minimum Gasteiger partial charge on any atom is -0.395 e. The molecule has 0 radical (unpaired) electrons. The molecule has 0 aliphatic rings. The van der Waals surface area contributed by atoms with Gasteiger partial charge in [-0.3, -0.25) is 14.2 Å². The van der Waals surface area contributed by atoms with Crippen LogP contribution in [0.4, 0.5) is 0 Å². The molecular weight excluding hydrogens is 379 g/mol. The van der Waals surface area contributed by atoms with Crippen molar-refractivity contribution in [3.05, 3.63) is 68.6 Å². The standard InChI is InChI=1S/C18H18Cl2N2O4/c19-14-5-4-13(15(20)12-14)11-16(22-6-2-1-3-17(22)25)18(26)21(7-9-23)8-10-24/h1-6,11-12,23-24H,7-10H2. The number of carbonyl (C=O) groups excluding carboxylic acids is 1. The Balaban J connectivity index is 2.59. The Bertz CT molecular complexity index is 858. The van der Waals surface area contributed by atoms with Gasteiger partial charge in [-0.25, -0.2) is 0 Å². The lowest BCUT2D eigenvalue weighted by molar-refractivity contribution is -0.126. The van der Waals surface area contributed by atoms with Crippen LogP contribution in [0.25, 0.3) is 11.8 Å². The number of rotatable bonds is 7. The summed E-state index contributed by atoms with van der Waals surface area (Å²) >= 11 is 12.1. The van der Waals surface area contributed by atoms with Gasteiger partial charge in [0, 0.05) is 35.4 Å². The summed E-state index contributed by atoms with van der Waals surface area (Å²) in [5, 5.41) is 19.1. The van der Waals surface area contributed by atoms with E-state index in [1.54, 1.807) is 24.3 Å². The molecule has 0 bridgehead atoms. The van der Waals surface area contributed by atoms with Crippen LogP contribution < -0.4 is 5.56 Å². The lowest BCUT2D eigenvalue weighted by Gasteiger charge is -2.23. The summed E-state index contributed by atoms with van der Waals surface area (Å²) in [5.41, 5.74) is 0.148. The van der Waals surface area contributed by atoms with Crippen LogP contribution in [0.5, 0.6) is 0 Å². The molecule has 8 heteroatoms. The van der Waals surface area contributed by atoms with Gasteiger partial charge >= 0.3 is 0 Å². The maximum atomic E-state index is 13.0. The number of hydrogen-bond acceptors (Lipinski definition) is 4. The Kier molecular flexibility index (Phi) is 7.41. The second-order valence-electron chi connectivity index (χ2n) is 5.34. The summed E-state index contributed by atoms with van der Waals surface area (Å²) in [6, 6.07) is 9.30. The van der Waals surface area contributed by atoms with Gasteiger partial charge in [-0.2, -0.15) is 0 Å². The molecule has 2 N–H and O–H groups in total. The van der Waals surface area contributed by atoms with E-state index in [2.05, 4.69) is 0 Å². The number of benzene rings is 1. The maximum Gasteiger partial charge on any atom is 0.271 e. The van der Waals surface area contributed by atoms with E-state index in [9.17, 15) is 19.8 Å². The molecule has 6 nitrogen and oxygen atoms in total. The fraction of sp³-hybridized carbons (Fsp3) is 0.222. The van der Waals surface area contributed by atoms with Crippen molar-refractivity contribution in [3.63, 3.8) is 0 Å². The van der Waals surface area contributed by atoms with E-state index in [-0.39, 0.29) is 32.0 Å². The quantitative estimate of drug-likeness (QED) is 0.700. The van der Waals surface area contributed by atoms with Crippen molar-refractivity contribution in [1.82, 2.24) is 9.47 Å². The van der Waals surface area contributed by atoms with Crippen LogP contribution >= 0.6 is 23.2 Å². The van der Waals surface area contributed by atoms with Gasteiger partial charge in [0.05, 0.1) is 13.2 Å². The minimum absolute atomic E-state index is 0.0205. The van der Waals surface area contributed by atoms with Crippen molar-refractivity contribution < 1.29 is 15.0 Å². The summed E-state index contributed by atoms with van der Waals surface area (Å²) in [5.74, 6) is -0.521. The summed E-state index contributed by atoms with van der Waals surface area (Å²) in [6.45, 7) is -0.506. The second kappa shape index (κ2) is 9.54. The second-order valence-corrected chi connectivity index (χ2v) is 6.19. The molecule has 0 aliphatic heterocycles. The zero-order chi connectivity index (χ0) is 19.1. The van der Waals surface area contributed by atoms with E-state index in [0.29, 0.717) is 15.6 Å². The van der Waals surface area contributed by atoms with Crippen LogP contribution in [0.3, 0.4) is 0 Å². The zero-order valence-corrected chi connectivity index (χ0v) is 15.3. The van der Waals surface area contributed by atoms with Crippen LogP contribution in [-0.4, -0.2) is 51.9 Å². The summed E-state index contributed by atoms with van der Waals surface area (Å²) in [4.78, 5) is 26.5. The van der Waals surface area contributed by atoms with Crippen molar-refractivity contribution in [1.29, 1.82) is 0 Å². The highest BCUT2D eigenvalue weighted by Gasteiger charge is 2.20. The molecule has 0 aliphatic carbocycles. The summed E-state index contributed by atoms with van der Waals surface area (Å²) in [7, 11) is 0. The maximum absolute atomic E-state index is 13.0. The zero-order valence-electron chi connectivity index (χ0n) is 13.8. The number of nitrogens with zero attached hydrogens (tertiary/aromatic N) is 2. The van der Waals surface area contributed by atoms with Gasteiger partial charge < -0.3 is 15.1 Å². The average Bonchev–Trinajstić information content (AvgIpc) is 2.61. The number of aliphatic hydroxyl groups excluding tert-OH is 2. The van der Waals surface area contributed by atoms with Crippen molar-refractivity contribution in [2.24, 2.45) is 0 Å². The normalized spacial score (nSPS) is 11.5. The van der Waals surface area contributed by atoms with Crippen LogP contribution in [0.1, 0.15) is 5.56 Å². The molecule has 2 aromatic rings. The van der Waals surface area contributed by atoms with E-state index >= 15 is 0 Å². The smallest absolute Gasteiger partial charge is 0.271 e. The first-order valence-corrected chi connectivity index (χ1v) is 8.59. The largest absolute Gasteiger partial charge is 0.395 e. The Hall–Kier alpha value is -2.12. The van der Waals surface area contributed by atoms with Crippen LogP contribution in [0.2, 0.25) is 10.0 Å². The molecule has 1 amide bonds. The molecule has 138 valence electrons. The van der Waals surface area contributed by atoms with Crippen molar-refractivity contribution in [3.8, 4) is 0 Å². The SMILES string of the molecule is O=C(C(=Cc1ccc(Cl)cc1Cl)n1ccccc1=O)N(CCO)CCO. The van der Waals surface area contributed by atoms with E-state index in [0.717, 1.165) is 0 Å². The Morgan fingerprint density at radius 2 is 1.81 bits per heavy atom. The lowest BCUT2D eigenvalue weighted by atomic mass is 10.1.